The molecule has 4 nitrogen and oxygen atoms in total. The molecule has 0 aliphatic carbocycles. The van der Waals surface area contributed by atoms with Crippen LogP contribution in [0, 0.1) is 0 Å². The Hall–Kier alpha value is -3.01. The van der Waals surface area contributed by atoms with Gasteiger partial charge in [0.15, 0.2) is 5.82 Å². The Labute approximate surface area is 134 Å². The molecule has 1 aromatic heterocycles. The number of aliphatic imine (C=N–C) groups is 1. The summed E-state index contributed by atoms with van der Waals surface area (Å²) in [5, 5.41) is 0. The Morgan fingerprint density at radius 2 is 1.43 bits per heavy atom. The van der Waals surface area contributed by atoms with Crippen molar-refractivity contribution in [1.29, 1.82) is 0 Å². The molecule has 2 aromatic carbocycles. The summed E-state index contributed by atoms with van der Waals surface area (Å²) >= 11 is 0. The van der Waals surface area contributed by atoms with E-state index in [0.29, 0.717) is 18.3 Å². The lowest BCUT2D eigenvalue weighted by atomic mass is 10.1. The van der Waals surface area contributed by atoms with Crippen LogP contribution in [0.1, 0.15) is 17.2 Å². The van der Waals surface area contributed by atoms with E-state index in [0.717, 1.165) is 16.7 Å². The van der Waals surface area contributed by atoms with Gasteiger partial charge in [0.1, 0.15) is 6.10 Å². The standard InChI is InChI=1S/C19H15N3O/c1-3-7-14(8-4-1)17-13-22-19(23-17)16-11-20-18(21-12-16)15-9-5-2-6-10-15/h1-12,17H,13H2. The van der Waals surface area contributed by atoms with Gasteiger partial charge < -0.3 is 4.74 Å². The number of rotatable bonds is 3. The molecule has 0 spiro atoms. The number of ether oxygens (including phenoxy) is 1. The van der Waals surface area contributed by atoms with E-state index in [1.165, 1.54) is 0 Å². The molecule has 0 saturated heterocycles. The van der Waals surface area contributed by atoms with Crippen LogP contribution < -0.4 is 0 Å². The zero-order valence-electron chi connectivity index (χ0n) is 12.5. The van der Waals surface area contributed by atoms with Crippen LogP contribution in [0.5, 0.6) is 0 Å². The predicted octanol–water partition coefficient (Wildman–Crippen LogP) is 3.66. The minimum Gasteiger partial charge on any atom is -0.467 e. The van der Waals surface area contributed by atoms with Gasteiger partial charge in [-0.3, -0.25) is 0 Å². The van der Waals surface area contributed by atoms with Crippen molar-refractivity contribution < 1.29 is 4.74 Å². The van der Waals surface area contributed by atoms with E-state index < -0.39 is 0 Å². The SMILES string of the molecule is c1ccc(-c2ncc(C3=NCC(c4ccccc4)O3)cn2)cc1. The smallest absolute Gasteiger partial charge is 0.220 e. The van der Waals surface area contributed by atoms with E-state index in [4.69, 9.17) is 4.74 Å². The molecular formula is C19H15N3O. The van der Waals surface area contributed by atoms with Crippen molar-refractivity contribution in [2.75, 3.05) is 6.54 Å². The summed E-state index contributed by atoms with van der Waals surface area (Å²) in [5.74, 6) is 1.31. The molecule has 0 radical (unpaired) electrons. The van der Waals surface area contributed by atoms with Gasteiger partial charge in [-0.15, -0.1) is 0 Å². The molecule has 3 aromatic rings. The highest BCUT2D eigenvalue weighted by Gasteiger charge is 2.22. The van der Waals surface area contributed by atoms with Crippen molar-refractivity contribution in [3.8, 4) is 11.4 Å². The van der Waals surface area contributed by atoms with E-state index in [2.05, 4.69) is 27.1 Å². The highest BCUT2D eigenvalue weighted by atomic mass is 16.5. The van der Waals surface area contributed by atoms with Crippen molar-refractivity contribution in [1.82, 2.24) is 9.97 Å². The van der Waals surface area contributed by atoms with E-state index >= 15 is 0 Å². The zero-order valence-corrected chi connectivity index (χ0v) is 12.5. The maximum Gasteiger partial charge on any atom is 0.220 e. The number of hydrogen-bond donors (Lipinski definition) is 0. The topological polar surface area (TPSA) is 47.4 Å². The van der Waals surface area contributed by atoms with E-state index in [1.54, 1.807) is 12.4 Å². The van der Waals surface area contributed by atoms with Crippen molar-refractivity contribution in [3.05, 3.63) is 84.2 Å². The van der Waals surface area contributed by atoms with Crippen LogP contribution in [0.4, 0.5) is 0 Å². The zero-order chi connectivity index (χ0) is 15.5. The molecule has 0 bridgehead atoms. The second-order valence-electron chi connectivity index (χ2n) is 5.32. The molecular weight excluding hydrogens is 286 g/mol. The highest BCUT2D eigenvalue weighted by Crippen LogP contribution is 2.25. The van der Waals surface area contributed by atoms with Gasteiger partial charge in [0.25, 0.3) is 0 Å². The molecule has 1 unspecified atom stereocenters. The monoisotopic (exact) mass is 301 g/mol. The summed E-state index contributed by atoms with van der Waals surface area (Å²) in [6.45, 7) is 0.625. The average Bonchev–Trinajstić information content (AvgIpc) is 3.14. The average molecular weight is 301 g/mol. The van der Waals surface area contributed by atoms with Crippen LogP contribution in [-0.2, 0) is 4.74 Å². The maximum absolute atomic E-state index is 5.95. The Morgan fingerprint density at radius 3 is 2.13 bits per heavy atom. The summed E-state index contributed by atoms with van der Waals surface area (Å²) < 4.78 is 5.95. The van der Waals surface area contributed by atoms with Crippen LogP contribution in [-0.4, -0.2) is 22.4 Å². The van der Waals surface area contributed by atoms with Crippen molar-refractivity contribution in [2.45, 2.75) is 6.10 Å². The minimum atomic E-state index is -0.0278. The van der Waals surface area contributed by atoms with Gasteiger partial charge in [0.2, 0.25) is 5.90 Å². The molecule has 0 fully saturated rings. The van der Waals surface area contributed by atoms with Crippen LogP contribution in [0.3, 0.4) is 0 Å². The lowest BCUT2D eigenvalue weighted by molar-refractivity contribution is 0.230. The van der Waals surface area contributed by atoms with Crippen molar-refractivity contribution in [3.63, 3.8) is 0 Å². The third-order valence-corrected chi connectivity index (χ3v) is 3.76. The fourth-order valence-electron chi connectivity index (χ4n) is 2.55. The summed E-state index contributed by atoms with van der Waals surface area (Å²) in [6, 6.07) is 20.0. The quantitative estimate of drug-likeness (QED) is 0.741. The Kier molecular flexibility index (Phi) is 3.56. The van der Waals surface area contributed by atoms with Gasteiger partial charge in [-0.25, -0.2) is 15.0 Å². The van der Waals surface area contributed by atoms with Crippen LogP contribution in [0.25, 0.3) is 11.4 Å². The van der Waals surface area contributed by atoms with Crippen molar-refractivity contribution >= 4 is 5.90 Å². The molecule has 0 amide bonds. The summed E-state index contributed by atoms with van der Waals surface area (Å²) in [7, 11) is 0. The van der Waals surface area contributed by atoms with Gasteiger partial charge >= 0.3 is 0 Å². The Balaban J connectivity index is 1.51. The molecule has 23 heavy (non-hydrogen) atoms. The first-order valence-electron chi connectivity index (χ1n) is 7.54. The molecule has 2 heterocycles. The fourth-order valence-corrected chi connectivity index (χ4v) is 2.55. The fraction of sp³-hybridized carbons (Fsp3) is 0.105. The van der Waals surface area contributed by atoms with E-state index in [1.807, 2.05) is 48.5 Å². The number of aromatic nitrogens is 2. The largest absolute Gasteiger partial charge is 0.467 e. The van der Waals surface area contributed by atoms with Crippen LogP contribution in [0.15, 0.2) is 78.0 Å². The number of nitrogens with zero attached hydrogens (tertiary/aromatic N) is 3. The van der Waals surface area contributed by atoms with Crippen LogP contribution >= 0.6 is 0 Å². The lowest BCUT2D eigenvalue weighted by Crippen LogP contribution is -2.07. The number of benzene rings is 2. The Bertz CT molecular complexity index is 814. The molecule has 0 N–H and O–H groups in total. The van der Waals surface area contributed by atoms with Gasteiger partial charge in [-0.2, -0.15) is 0 Å². The maximum atomic E-state index is 5.95. The summed E-state index contributed by atoms with van der Waals surface area (Å²) in [4.78, 5) is 13.3. The number of hydrogen-bond acceptors (Lipinski definition) is 4. The van der Waals surface area contributed by atoms with Gasteiger partial charge in [-0.1, -0.05) is 60.7 Å². The summed E-state index contributed by atoms with van der Waals surface area (Å²) in [5.41, 5.74) is 2.94. The minimum absolute atomic E-state index is 0.0278. The molecule has 1 aliphatic heterocycles. The third kappa shape index (κ3) is 2.83. The van der Waals surface area contributed by atoms with Gasteiger partial charge in [0, 0.05) is 18.0 Å². The lowest BCUT2D eigenvalue weighted by Gasteiger charge is -2.11. The first kappa shape index (κ1) is 13.6. The second-order valence-corrected chi connectivity index (χ2v) is 5.32. The van der Waals surface area contributed by atoms with Crippen LogP contribution in [0.2, 0.25) is 0 Å². The molecule has 4 rings (SSSR count). The van der Waals surface area contributed by atoms with Gasteiger partial charge in [-0.05, 0) is 5.56 Å². The predicted molar refractivity (Wildman–Crippen MR) is 89.1 cm³/mol. The van der Waals surface area contributed by atoms with E-state index in [9.17, 15) is 0 Å². The molecule has 4 heteroatoms. The normalized spacial score (nSPS) is 16.7. The molecule has 1 aliphatic rings. The van der Waals surface area contributed by atoms with Gasteiger partial charge in [0.05, 0.1) is 12.1 Å². The third-order valence-electron chi connectivity index (χ3n) is 3.76. The molecule has 0 saturated carbocycles. The van der Waals surface area contributed by atoms with E-state index in [-0.39, 0.29) is 6.10 Å². The highest BCUT2D eigenvalue weighted by molar-refractivity contribution is 5.94. The first-order chi connectivity index (χ1) is 11.4. The second kappa shape index (κ2) is 6.01. The molecule has 112 valence electrons. The van der Waals surface area contributed by atoms with Crippen molar-refractivity contribution in [2.24, 2.45) is 4.99 Å². The summed E-state index contributed by atoms with van der Waals surface area (Å²) in [6.07, 6.45) is 3.50. The first-order valence-corrected chi connectivity index (χ1v) is 7.54. The Morgan fingerprint density at radius 1 is 0.783 bits per heavy atom. The molecule has 1 atom stereocenters.